The van der Waals surface area contributed by atoms with Crippen LogP contribution < -0.4 is 16.1 Å². The first kappa shape index (κ1) is 26.2. The molecule has 200 valence electrons. The molecule has 2 atom stereocenters. The van der Waals surface area contributed by atoms with E-state index in [1.165, 1.54) is 5.70 Å². The van der Waals surface area contributed by atoms with Gasteiger partial charge in [-0.15, -0.1) is 5.10 Å². The van der Waals surface area contributed by atoms with Crippen molar-refractivity contribution in [3.63, 3.8) is 0 Å². The third-order valence-electron chi connectivity index (χ3n) is 7.25. The lowest BCUT2D eigenvalue weighted by atomic mass is 9.78. The predicted molar refractivity (Wildman–Crippen MR) is 151 cm³/mol. The van der Waals surface area contributed by atoms with Gasteiger partial charge in [0, 0.05) is 24.6 Å². The molecule has 1 aliphatic heterocycles. The monoisotopic (exact) mass is 522 g/mol. The highest BCUT2D eigenvalue weighted by atomic mass is 16.2. The van der Waals surface area contributed by atoms with Gasteiger partial charge in [-0.1, -0.05) is 67.1 Å². The van der Waals surface area contributed by atoms with Gasteiger partial charge in [0.2, 0.25) is 11.8 Å². The Morgan fingerprint density at radius 3 is 2.08 bits per heavy atom. The lowest BCUT2D eigenvalue weighted by Gasteiger charge is -2.37. The summed E-state index contributed by atoms with van der Waals surface area (Å²) in [6.45, 7) is 0. The maximum Gasteiger partial charge on any atom is 0.229 e. The van der Waals surface area contributed by atoms with Gasteiger partial charge in [-0.05, 0) is 54.7 Å². The molecule has 1 aliphatic carbocycles. The van der Waals surface area contributed by atoms with Crippen LogP contribution in [-0.2, 0) is 22.4 Å². The number of hydrazine groups is 1. The van der Waals surface area contributed by atoms with Gasteiger partial charge in [-0.2, -0.15) is 5.10 Å². The number of rotatable bonds is 8. The van der Waals surface area contributed by atoms with Crippen LogP contribution >= 0.6 is 0 Å². The highest BCUT2D eigenvalue weighted by Crippen LogP contribution is 2.39. The number of hydrogen-bond donors (Lipinski definition) is 3. The topological polar surface area (TPSA) is 99.2 Å². The summed E-state index contributed by atoms with van der Waals surface area (Å²) >= 11 is 0. The Morgan fingerprint density at radius 1 is 0.821 bits per heavy atom. The first-order valence-corrected chi connectivity index (χ1v) is 13.5. The summed E-state index contributed by atoms with van der Waals surface area (Å²) in [4.78, 5) is 24.8. The molecule has 39 heavy (non-hydrogen) atoms. The van der Waals surface area contributed by atoms with Gasteiger partial charge in [0.15, 0.2) is 5.82 Å². The van der Waals surface area contributed by atoms with E-state index in [-0.39, 0.29) is 11.8 Å². The number of anilines is 1. The maximum atomic E-state index is 12.5. The van der Waals surface area contributed by atoms with E-state index in [2.05, 4.69) is 32.3 Å². The molecular formula is C31H34N6O2. The van der Waals surface area contributed by atoms with E-state index in [1.807, 2.05) is 90.9 Å². The highest BCUT2D eigenvalue weighted by Gasteiger charge is 2.29. The molecule has 5 rings (SSSR count). The van der Waals surface area contributed by atoms with Crippen LogP contribution in [0.4, 0.5) is 5.82 Å². The number of aromatic nitrogens is 2. The molecule has 1 aromatic heterocycles. The van der Waals surface area contributed by atoms with Gasteiger partial charge in [0.1, 0.15) is 5.82 Å². The van der Waals surface area contributed by atoms with Gasteiger partial charge >= 0.3 is 0 Å². The number of benzene rings is 2. The number of allylic oxidation sites excluding steroid dienone is 3. The number of carbonyl (C=O) groups is 2. The minimum absolute atomic E-state index is 0.0544. The summed E-state index contributed by atoms with van der Waals surface area (Å²) < 4.78 is 0. The molecule has 2 aromatic carbocycles. The van der Waals surface area contributed by atoms with Crippen LogP contribution in [-0.4, -0.2) is 34.1 Å². The first-order chi connectivity index (χ1) is 19.0. The van der Waals surface area contributed by atoms with E-state index in [0.29, 0.717) is 36.3 Å². The number of nitrogens with one attached hydrogen (secondary N) is 3. The van der Waals surface area contributed by atoms with Crippen molar-refractivity contribution in [1.29, 1.82) is 0 Å². The number of hydrogen-bond acceptors (Lipinski definition) is 6. The van der Waals surface area contributed by atoms with Gasteiger partial charge in [0.05, 0.1) is 18.5 Å². The van der Waals surface area contributed by atoms with Crippen molar-refractivity contribution in [2.24, 2.45) is 5.92 Å². The average Bonchev–Trinajstić information content (AvgIpc) is 2.94. The van der Waals surface area contributed by atoms with Crippen LogP contribution in [0.3, 0.4) is 0 Å². The van der Waals surface area contributed by atoms with Gasteiger partial charge in [-0.3, -0.25) is 20.0 Å². The molecule has 2 aliphatic rings. The molecular weight excluding hydrogens is 488 g/mol. The third-order valence-corrected chi connectivity index (χ3v) is 7.25. The lowest BCUT2D eigenvalue weighted by molar-refractivity contribution is -0.120. The van der Waals surface area contributed by atoms with Crippen LogP contribution in [0.2, 0.25) is 0 Å². The van der Waals surface area contributed by atoms with Crippen molar-refractivity contribution in [3.8, 4) is 0 Å². The second kappa shape index (κ2) is 12.4. The average molecular weight is 523 g/mol. The zero-order valence-electron chi connectivity index (χ0n) is 22.1. The second-order valence-electron chi connectivity index (χ2n) is 10.2. The van der Waals surface area contributed by atoms with E-state index < -0.39 is 0 Å². The van der Waals surface area contributed by atoms with E-state index >= 15 is 0 Å². The van der Waals surface area contributed by atoms with Crippen LogP contribution in [0, 0.1) is 5.92 Å². The standard InChI is InChI=1S/C31H34N6O2/c1-37-27(16-18-29(36-37)33-31(39)20-23-11-6-3-7-12-23)25-14-8-13-24(21-25)26-15-17-28(35-34-26)32-30(38)19-22-9-4-2-5-10-22/h2-7,9-12,15-18,24-25,36H,8,13-14,19-21H2,1H3,(H,33,39)(H,32,35,38)/t24-,25-/m0/s1. The highest BCUT2D eigenvalue weighted by molar-refractivity contribution is 5.91. The van der Waals surface area contributed by atoms with Crippen molar-refractivity contribution in [3.05, 3.63) is 113 Å². The first-order valence-electron chi connectivity index (χ1n) is 13.5. The van der Waals surface area contributed by atoms with Crippen LogP contribution in [0.5, 0.6) is 0 Å². The summed E-state index contributed by atoms with van der Waals surface area (Å²) in [5.74, 6) is 1.65. The molecule has 1 saturated carbocycles. The predicted octanol–water partition coefficient (Wildman–Crippen LogP) is 4.47. The fourth-order valence-corrected chi connectivity index (χ4v) is 5.34. The van der Waals surface area contributed by atoms with Gasteiger partial charge in [-0.25, -0.2) is 0 Å². The summed E-state index contributed by atoms with van der Waals surface area (Å²) in [6.07, 6.45) is 8.90. The lowest BCUT2D eigenvalue weighted by Crippen LogP contribution is -2.44. The quantitative estimate of drug-likeness (QED) is 0.404. The molecule has 1 fully saturated rings. The summed E-state index contributed by atoms with van der Waals surface area (Å²) in [6, 6.07) is 23.2. The van der Waals surface area contributed by atoms with E-state index in [1.54, 1.807) is 0 Å². The fourth-order valence-electron chi connectivity index (χ4n) is 5.34. The van der Waals surface area contributed by atoms with Gasteiger partial charge in [0.25, 0.3) is 0 Å². The molecule has 0 spiro atoms. The minimum Gasteiger partial charge on any atom is -0.311 e. The molecule has 8 heteroatoms. The Hall–Kier alpha value is -4.46. The molecule has 0 unspecified atom stereocenters. The number of carbonyl (C=O) groups excluding carboxylic acids is 2. The van der Waals surface area contributed by atoms with Crippen molar-refractivity contribution >= 4 is 17.6 Å². The Kier molecular flexibility index (Phi) is 8.31. The molecule has 2 heterocycles. The zero-order valence-corrected chi connectivity index (χ0v) is 22.1. The normalized spacial score (nSPS) is 18.8. The number of nitrogens with zero attached hydrogens (tertiary/aromatic N) is 3. The van der Waals surface area contributed by atoms with Crippen molar-refractivity contribution in [2.45, 2.75) is 44.4 Å². The molecule has 2 amide bonds. The summed E-state index contributed by atoms with van der Waals surface area (Å²) in [5, 5.41) is 16.6. The second-order valence-corrected chi connectivity index (χ2v) is 10.2. The molecule has 8 nitrogen and oxygen atoms in total. The molecule has 0 saturated heterocycles. The van der Waals surface area contributed by atoms with Crippen molar-refractivity contribution in [1.82, 2.24) is 25.9 Å². The van der Waals surface area contributed by atoms with Gasteiger partial charge < -0.3 is 10.6 Å². The smallest absolute Gasteiger partial charge is 0.229 e. The van der Waals surface area contributed by atoms with Crippen LogP contribution in [0.25, 0.3) is 0 Å². The zero-order chi connectivity index (χ0) is 27.0. The Morgan fingerprint density at radius 2 is 1.46 bits per heavy atom. The van der Waals surface area contributed by atoms with Crippen LogP contribution in [0.15, 0.2) is 96.5 Å². The Labute approximate surface area is 229 Å². The van der Waals surface area contributed by atoms with Crippen molar-refractivity contribution in [2.75, 3.05) is 12.4 Å². The SMILES string of the molecule is CN1NC(NC(=O)Cc2ccccc2)=CC=C1[C@H]1CCC[C@H](c2ccc(NC(=O)Cc3ccccc3)nn2)C1. The largest absolute Gasteiger partial charge is 0.311 e. The summed E-state index contributed by atoms with van der Waals surface area (Å²) in [7, 11) is 1.98. The molecule has 3 aromatic rings. The summed E-state index contributed by atoms with van der Waals surface area (Å²) in [5.41, 5.74) is 7.39. The molecule has 0 bridgehead atoms. The Balaban J connectivity index is 1.16. The van der Waals surface area contributed by atoms with E-state index in [9.17, 15) is 9.59 Å². The maximum absolute atomic E-state index is 12.5. The molecule has 3 N–H and O–H groups in total. The Bertz CT molecular complexity index is 1340. The van der Waals surface area contributed by atoms with E-state index in [0.717, 1.165) is 42.5 Å². The molecule has 0 radical (unpaired) electrons. The fraction of sp³-hybridized carbons (Fsp3) is 0.290. The van der Waals surface area contributed by atoms with Crippen LogP contribution in [0.1, 0.15) is 48.4 Å². The van der Waals surface area contributed by atoms with Crippen molar-refractivity contribution < 1.29 is 9.59 Å². The third kappa shape index (κ3) is 7.10. The minimum atomic E-state index is -0.107. The number of amides is 2. The van der Waals surface area contributed by atoms with E-state index in [4.69, 9.17) is 0 Å².